The fraction of sp³-hybridized carbons (Fsp3) is 0.250. The maximum absolute atomic E-state index is 11.4. The highest BCUT2D eigenvalue weighted by Gasteiger charge is 2.14. The molecule has 1 aromatic rings. The van der Waals surface area contributed by atoms with Gasteiger partial charge in [-0.3, -0.25) is 9.59 Å². The molecule has 0 unspecified atom stereocenters. The lowest BCUT2D eigenvalue weighted by atomic mass is 10.2. The van der Waals surface area contributed by atoms with Crippen LogP contribution in [-0.2, 0) is 4.79 Å². The van der Waals surface area contributed by atoms with Crippen LogP contribution in [0.4, 0.5) is 0 Å². The average molecular weight is 233 g/mol. The molecular weight excluding hydrogens is 224 g/mol. The lowest BCUT2D eigenvalue weighted by Gasteiger charge is -2.08. The van der Waals surface area contributed by atoms with Gasteiger partial charge in [0, 0.05) is 5.38 Å². The number of hydrogen-bond acceptors (Lipinski definition) is 3. The number of nitrogens with two attached hydrogens (primary N) is 1. The van der Waals surface area contributed by atoms with E-state index in [1.54, 1.807) is 5.38 Å². The van der Waals surface area contributed by atoms with Crippen LogP contribution in [0.15, 0.2) is 11.4 Å². The highest BCUT2D eigenvalue weighted by Crippen LogP contribution is 2.19. The number of halogens is 1. The molecule has 1 heterocycles. The summed E-state index contributed by atoms with van der Waals surface area (Å²) in [5.41, 5.74) is 5.43. The topological polar surface area (TPSA) is 72.2 Å². The van der Waals surface area contributed by atoms with E-state index in [1.807, 2.05) is 0 Å². The molecule has 0 saturated heterocycles. The molecule has 1 aromatic heterocycles. The van der Waals surface area contributed by atoms with E-state index in [4.69, 9.17) is 17.3 Å². The molecule has 0 fully saturated rings. The summed E-state index contributed by atoms with van der Waals surface area (Å²) in [6.07, 6.45) is 0. The minimum Gasteiger partial charge on any atom is -0.368 e. The van der Waals surface area contributed by atoms with Crippen LogP contribution in [0.25, 0.3) is 0 Å². The van der Waals surface area contributed by atoms with Crippen LogP contribution in [-0.4, -0.2) is 17.9 Å². The quantitative estimate of drug-likeness (QED) is 0.816. The van der Waals surface area contributed by atoms with Gasteiger partial charge >= 0.3 is 0 Å². The fourth-order valence-electron chi connectivity index (χ4n) is 0.780. The SMILES string of the molecule is C[C@H](NC(=O)c1csc(Cl)c1)C(N)=O. The summed E-state index contributed by atoms with van der Waals surface area (Å²) in [4.78, 5) is 22.1. The van der Waals surface area contributed by atoms with E-state index in [0.29, 0.717) is 9.90 Å². The van der Waals surface area contributed by atoms with Crippen molar-refractivity contribution in [2.24, 2.45) is 5.73 Å². The molecule has 0 aliphatic carbocycles. The Kier molecular flexibility index (Phi) is 3.49. The van der Waals surface area contributed by atoms with Crippen molar-refractivity contribution in [2.75, 3.05) is 0 Å². The smallest absolute Gasteiger partial charge is 0.252 e. The number of primary amides is 1. The van der Waals surface area contributed by atoms with E-state index in [0.717, 1.165) is 0 Å². The van der Waals surface area contributed by atoms with E-state index >= 15 is 0 Å². The summed E-state index contributed by atoms with van der Waals surface area (Å²) in [7, 11) is 0. The number of carbonyl (C=O) groups excluding carboxylic acids is 2. The Morgan fingerprint density at radius 3 is 2.71 bits per heavy atom. The predicted octanol–water partition coefficient (Wildman–Crippen LogP) is 1.01. The average Bonchev–Trinajstić information content (AvgIpc) is 2.51. The van der Waals surface area contributed by atoms with Crippen LogP contribution >= 0.6 is 22.9 Å². The third kappa shape index (κ3) is 2.71. The molecule has 14 heavy (non-hydrogen) atoms. The van der Waals surface area contributed by atoms with Crippen molar-refractivity contribution >= 4 is 34.8 Å². The van der Waals surface area contributed by atoms with Gasteiger partial charge in [-0.25, -0.2) is 0 Å². The molecule has 1 rings (SSSR count). The summed E-state index contributed by atoms with van der Waals surface area (Å²) < 4.78 is 0.530. The van der Waals surface area contributed by atoms with Gasteiger partial charge in [-0.05, 0) is 13.0 Å². The van der Waals surface area contributed by atoms with Gasteiger partial charge in [-0.2, -0.15) is 0 Å². The maximum atomic E-state index is 11.4. The summed E-state index contributed by atoms with van der Waals surface area (Å²) in [5, 5.41) is 4.06. The summed E-state index contributed by atoms with van der Waals surface area (Å²) in [6, 6.07) is 0.858. The van der Waals surface area contributed by atoms with Crippen molar-refractivity contribution in [3.63, 3.8) is 0 Å². The Hall–Kier alpha value is -1.07. The van der Waals surface area contributed by atoms with Crippen LogP contribution in [0.3, 0.4) is 0 Å². The zero-order valence-electron chi connectivity index (χ0n) is 7.41. The first-order valence-electron chi connectivity index (χ1n) is 3.85. The Morgan fingerprint density at radius 2 is 2.29 bits per heavy atom. The minimum atomic E-state index is -0.679. The zero-order valence-corrected chi connectivity index (χ0v) is 8.98. The van der Waals surface area contributed by atoms with Gasteiger partial charge in [0.1, 0.15) is 6.04 Å². The largest absolute Gasteiger partial charge is 0.368 e. The Labute approximate surface area is 90.0 Å². The van der Waals surface area contributed by atoms with E-state index in [1.165, 1.54) is 24.3 Å². The van der Waals surface area contributed by atoms with Gasteiger partial charge in [0.2, 0.25) is 5.91 Å². The van der Waals surface area contributed by atoms with Crippen molar-refractivity contribution in [1.29, 1.82) is 0 Å². The number of carbonyl (C=O) groups is 2. The van der Waals surface area contributed by atoms with Crippen LogP contribution in [0.2, 0.25) is 4.34 Å². The molecule has 0 spiro atoms. The predicted molar refractivity (Wildman–Crippen MR) is 55.5 cm³/mol. The molecule has 2 amide bonds. The Bertz CT molecular complexity index is 364. The van der Waals surface area contributed by atoms with E-state index in [2.05, 4.69) is 5.32 Å². The standard InChI is InChI=1S/C8H9ClN2O2S/c1-4(7(10)12)11-8(13)5-2-6(9)14-3-5/h2-4H,1H3,(H2,10,12)(H,11,13)/t4-/m0/s1. The van der Waals surface area contributed by atoms with E-state index in [9.17, 15) is 9.59 Å². The molecule has 1 atom stereocenters. The second-order valence-electron chi connectivity index (χ2n) is 2.74. The highest BCUT2D eigenvalue weighted by molar-refractivity contribution is 7.14. The first kappa shape index (κ1) is 11.0. The van der Waals surface area contributed by atoms with Crippen LogP contribution in [0.5, 0.6) is 0 Å². The molecule has 0 saturated carbocycles. The summed E-state index contributed by atoms with van der Waals surface area (Å²) in [5.74, 6) is -0.917. The number of amides is 2. The first-order valence-corrected chi connectivity index (χ1v) is 5.10. The second kappa shape index (κ2) is 4.43. The molecular formula is C8H9ClN2O2S. The van der Waals surface area contributed by atoms with Crippen molar-refractivity contribution < 1.29 is 9.59 Å². The Morgan fingerprint density at radius 1 is 1.64 bits per heavy atom. The van der Waals surface area contributed by atoms with Crippen molar-refractivity contribution in [2.45, 2.75) is 13.0 Å². The van der Waals surface area contributed by atoms with Gasteiger partial charge in [0.25, 0.3) is 5.91 Å². The molecule has 3 N–H and O–H groups in total. The van der Waals surface area contributed by atoms with Gasteiger partial charge in [-0.1, -0.05) is 11.6 Å². The van der Waals surface area contributed by atoms with Gasteiger partial charge in [0.15, 0.2) is 0 Å². The molecule has 4 nitrogen and oxygen atoms in total. The van der Waals surface area contributed by atoms with Gasteiger partial charge in [-0.15, -0.1) is 11.3 Å². The molecule has 6 heteroatoms. The molecule has 0 aromatic carbocycles. The van der Waals surface area contributed by atoms with E-state index < -0.39 is 11.9 Å². The third-order valence-corrected chi connectivity index (χ3v) is 2.70. The molecule has 0 aliphatic heterocycles. The number of rotatable bonds is 3. The van der Waals surface area contributed by atoms with Crippen LogP contribution in [0, 0.1) is 0 Å². The normalized spacial score (nSPS) is 12.1. The molecule has 0 bridgehead atoms. The van der Waals surface area contributed by atoms with E-state index in [-0.39, 0.29) is 5.91 Å². The first-order chi connectivity index (χ1) is 6.50. The molecule has 76 valence electrons. The van der Waals surface area contributed by atoms with Gasteiger partial charge in [0.05, 0.1) is 9.90 Å². The molecule has 0 radical (unpaired) electrons. The van der Waals surface area contributed by atoms with Crippen LogP contribution < -0.4 is 11.1 Å². The lowest BCUT2D eigenvalue weighted by Crippen LogP contribution is -2.42. The second-order valence-corrected chi connectivity index (χ2v) is 4.28. The highest BCUT2D eigenvalue weighted by atomic mass is 35.5. The number of thiophene rings is 1. The van der Waals surface area contributed by atoms with Crippen molar-refractivity contribution in [3.05, 3.63) is 21.3 Å². The van der Waals surface area contributed by atoms with Crippen molar-refractivity contribution in [1.82, 2.24) is 5.32 Å². The van der Waals surface area contributed by atoms with Crippen LogP contribution in [0.1, 0.15) is 17.3 Å². The third-order valence-electron chi connectivity index (χ3n) is 1.60. The number of hydrogen-bond donors (Lipinski definition) is 2. The van der Waals surface area contributed by atoms with Crippen molar-refractivity contribution in [3.8, 4) is 0 Å². The maximum Gasteiger partial charge on any atom is 0.252 e. The number of nitrogens with one attached hydrogen (secondary N) is 1. The fourth-order valence-corrected chi connectivity index (χ4v) is 1.64. The summed E-state index contributed by atoms with van der Waals surface area (Å²) in [6.45, 7) is 1.52. The minimum absolute atomic E-state index is 0.348. The van der Waals surface area contributed by atoms with Gasteiger partial charge < -0.3 is 11.1 Å². The summed E-state index contributed by atoms with van der Waals surface area (Å²) >= 11 is 6.91. The monoisotopic (exact) mass is 232 g/mol. The Balaban J connectivity index is 2.63. The lowest BCUT2D eigenvalue weighted by molar-refractivity contribution is -0.119. The zero-order chi connectivity index (χ0) is 10.7. The molecule has 0 aliphatic rings.